The molecule has 5 nitrogen and oxygen atoms in total. The molecule has 0 radical (unpaired) electrons. The van der Waals surface area contributed by atoms with Crippen LogP contribution in [0.15, 0.2) is 28.9 Å². The number of aryl methyl sites for hydroxylation is 2. The average molecular weight is 272 g/mol. The van der Waals surface area contributed by atoms with Crippen LogP contribution in [0.4, 0.5) is 10.2 Å². The Morgan fingerprint density at radius 1 is 1.25 bits per heavy atom. The van der Waals surface area contributed by atoms with E-state index in [0.717, 1.165) is 5.69 Å². The molecule has 1 aromatic carbocycles. The van der Waals surface area contributed by atoms with E-state index in [2.05, 4.69) is 20.3 Å². The first-order chi connectivity index (χ1) is 9.65. The smallest absolute Gasteiger partial charge is 0.191 e. The molecule has 0 aliphatic carbocycles. The van der Waals surface area contributed by atoms with E-state index in [1.54, 1.807) is 19.1 Å². The van der Waals surface area contributed by atoms with Gasteiger partial charge in [0.15, 0.2) is 5.89 Å². The number of hydrogen-bond donors (Lipinski definition) is 1. The zero-order chi connectivity index (χ0) is 14.1. The quantitative estimate of drug-likeness (QED) is 0.794. The van der Waals surface area contributed by atoms with Crippen molar-refractivity contribution in [2.45, 2.75) is 20.4 Å². The van der Waals surface area contributed by atoms with E-state index in [1.165, 1.54) is 12.4 Å². The molecule has 0 bridgehead atoms. The van der Waals surface area contributed by atoms with Crippen molar-refractivity contribution >= 4 is 16.7 Å². The molecule has 3 aromatic rings. The van der Waals surface area contributed by atoms with Gasteiger partial charge in [0.05, 0.1) is 23.1 Å². The zero-order valence-electron chi connectivity index (χ0n) is 11.1. The molecule has 0 atom stereocenters. The third kappa shape index (κ3) is 2.20. The first-order valence-electron chi connectivity index (χ1n) is 6.21. The molecule has 102 valence electrons. The Labute approximate surface area is 114 Å². The van der Waals surface area contributed by atoms with Crippen LogP contribution in [-0.2, 0) is 6.54 Å². The summed E-state index contributed by atoms with van der Waals surface area (Å²) in [5, 5.41) is 3.45. The molecular weight excluding hydrogens is 259 g/mol. The lowest BCUT2D eigenvalue weighted by atomic mass is 10.2. The maximum atomic E-state index is 13.9. The van der Waals surface area contributed by atoms with Crippen LogP contribution >= 0.6 is 0 Å². The fraction of sp³-hybridized carbons (Fsp3) is 0.214. The largest absolute Gasteiger partial charge is 0.444 e. The lowest BCUT2D eigenvalue weighted by molar-refractivity contribution is 0.480. The van der Waals surface area contributed by atoms with Gasteiger partial charge in [-0.25, -0.2) is 19.3 Å². The van der Waals surface area contributed by atoms with Crippen molar-refractivity contribution < 1.29 is 8.81 Å². The maximum absolute atomic E-state index is 13.9. The number of nitrogens with zero attached hydrogens (tertiary/aromatic N) is 3. The standard InChI is InChI=1S/C14H13FN4O/c1-8-12(20-9(2)19-8)6-16-14-13-10(15)4-3-5-11(13)17-7-18-14/h3-5,7H,6H2,1-2H3,(H,16,17,18). The molecular formula is C14H13FN4O. The summed E-state index contributed by atoms with van der Waals surface area (Å²) in [6.45, 7) is 4.05. The van der Waals surface area contributed by atoms with Crippen molar-refractivity contribution in [3.05, 3.63) is 47.7 Å². The van der Waals surface area contributed by atoms with E-state index in [9.17, 15) is 4.39 Å². The Morgan fingerprint density at radius 3 is 2.85 bits per heavy atom. The zero-order valence-corrected chi connectivity index (χ0v) is 11.1. The third-order valence-electron chi connectivity index (χ3n) is 3.03. The van der Waals surface area contributed by atoms with Gasteiger partial charge in [0.25, 0.3) is 0 Å². The minimum absolute atomic E-state index is 0.351. The maximum Gasteiger partial charge on any atom is 0.191 e. The highest BCUT2D eigenvalue weighted by molar-refractivity contribution is 5.89. The third-order valence-corrected chi connectivity index (χ3v) is 3.03. The van der Waals surface area contributed by atoms with E-state index in [-0.39, 0.29) is 5.82 Å². The van der Waals surface area contributed by atoms with Crippen LogP contribution in [0.25, 0.3) is 10.9 Å². The van der Waals surface area contributed by atoms with Crippen molar-refractivity contribution in [1.29, 1.82) is 0 Å². The highest BCUT2D eigenvalue weighted by atomic mass is 19.1. The number of fused-ring (bicyclic) bond motifs is 1. The molecule has 0 aliphatic heterocycles. The van der Waals surface area contributed by atoms with Gasteiger partial charge in [-0.05, 0) is 19.1 Å². The Kier molecular flexibility index (Phi) is 3.06. The summed E-state index contributed by atoms with van der Waals surface area (Å²) >= 11 is 0. The summed E-state index contributed by atoms with van der Waals surface area (Å²) in [5.74, 6) is 1.42. The molecule has 6 heteroatoms. The summed E-state index contributed by atoms with van der Waals surface area (Å²) in [4.78, 5) is 12.3. The van der Waals surface area contributed by atoms with Gasteiger partial charge in [0.2, 0.25) is 0 Å². The van der Waals surface area contributed by atoms with Gasteiger partial charge < -0.3 is 9.73 Å². The van der Waals surface area contributed by atoms with E-state index in [0.29, 0.717) is 34.9 Å². The Hall–Kier alpha value is -2.50. The van der Waals surface area contributed by atoms with Crippen LogP contribution in [-0.4, -0.2) is 15.0 Å². The number of aromatic nitrogens is 3. The fourth-order valence-electron chi connectivity index (χ4n) is 2.10. The van der Waals surface area contributed by atoms with Crippen LogP contribution in [0.3, 0.4) is 0 Å². The first kappa shape index (κ1) is 12.5. The Bertz CT molecular complexity index is 764. The highest BCUT2D eigenvalue weighted by Gasteiger charge is 2.11. The number of oxazole rings is 1. The van der Waals surface area contributed by atoms with Gasteiger partial charge in [-0.2, -0.15) is 0 Å². The molecule has 0 saturated heterocycles. The van der Waals surface area contributed by atoms with Crippen molar-refractivity contribution in [3.63, 3.8) is 0 Å². The minimum atomic E-state index is -0.351. The molecule has 2 heterocycles. The van der Waals surface area contributed by atoms with E-state index >= 15 is 0 Å². The Morgan fingerprint density at radius 2 is 2.10 bits per heavy atom. The van der Waals surface area contributed by atoms with Gasteiger partial charge >= 0.3 is 0 Å². The van der Waals surface area contributed by atoms with Crippen LogP contribution in [0.5, 0.6) is 0 Å². The summed E-state index contributed by atoms with van der Waals surface area (Å²) in [6.07, 6.45) is 1.41. The first-order valence-corrected chi connectivity index (χ1v) is 6.21. The molecule has 2 aromatic heterocycles. The monoisotopic (exact) mass is 272 g/mol. The molecule has 3 rings (SSSR count). The molecule has 0 aliphatic rings. The summed E-state index contributed by atoms with van der Waals surface area (Å²) in [6, 6.07) is 4.76. The molecule has 0 spiro atoms. The van der Waals surface area contributed by atoms with Crippen molar-refractivity contribution in [2.24, 2.45) is 0 Å². The van der Waals surface area contributed by atoms with Gasteiger partial charge in [0, 0.05) is 6.92 Å². The predicted molar refractivity (Wildman–Crippen MR) is 72.8 cm³/mol. The number of rotatable bonds is 3. The van der Waals surface area contributed by atoms with Gasteiger partial charge in [-0.3, -0.25) is 0 Å². The highest BCUT2D eigenvalue weighted by Crippen LogP contribution is 2.23. The molecule has 20 heavy (non-hydrogen) atoms. The van der Waals surface area contributed by atoms with E-state index in [4.69, 9.17) is 4.42 Å². The fourth-order valence-corrected chi connectivity index (χ4v) is 2.10. The van der Waals surface area contributed by atoms with Crippen LogP contribution in [0, 0.1) is 19.7 Å². The molecule has 1 N–H and O–H groups in total. The number of nitrogens with one attached hydrogen (secondary N) is 1. The van der Waals surface area contributed by atoms with Gasteiger partial charge in [0.1, 0.15) is 23.7 Å². The lowest BCUT2D eigenvalue weighted by Crippen LogP contribution is -2.03. The van der Waals surface area contributed by atoms with Crippen LogP contribution < -0.4 is 5.32 Å². The van der Waals surface area contributed by atoms with E-state index < -0.39 is 0 Å². The summed E-state index contributed by atoms with van der Waals surface area (Å²) in [7, 11) is 0. The van der Waals surface area contributed by atoms with Crippen molar-refractivity contribution in [2.75, 3.05) is 5.32 Å². The number of halogens is 1. The second kappa shape index (κ2) is 4.88. The van der Waals surface area contributed by atoms with Gasteiger partial charge in [-0.15, -0.1) is 0 Å². The molecule has 0 unspecified atom stereocenters. The minimum Gasteiger partial charge on any atom is -0.444 e. The topological polar surface area (TPSA) is 63.8 Å². The van der Waals surface area contributed by atoms with E-state index in [1.807, 2.05) is 6.92 Å². The summed E-state index contributed by atoms with van der Waals surface area (Å²) in [5.41, 5.74) is 1.38. The van der Waals surface area contributed by atoms with Crippen LogP contribution in [0.2, 0.25) is 0 Å². The number of benzene rings is 1. The van der Waals surface area contributed by atoms with Crippen LogP contribution in [0.1, 0.15) is 17.3 Å². The molecule has 0 amide bonds. The van der Waals surface area contributed by atoms with Crippen molar-refractivity contribution in [3.8, 4) is 0 Å². The Balaban J connectivity index is 1.93. The number of anilines is 1. The second-order valence-electron chi connectivity index (χ2n) is 4.45. The SMILES string of the molecule is Cc1nc(C)c(CNc2ncnc3cccc(F)c23)o1. The molecule has 0 fully saturated rings. The predicted octanol–water partition coefficient (Wildman–Crippen LogP) is 2.99. The lowest BCUT2D eigenvalue weighted by Gasteiger charge is -2.07. The second-order valence-corrected chi connectivity index (χ2v) is 4.45. The number of hydrogen-bond acceptors (Lipinski definition) is 5. The average Bonchev–Trinajstić information content (AvgIpc) is 2.75. The molecule has 0 saturated carbocycles. The normalized spacial score (nSPS) is 10.9. The summed E-state index contributed by atoms with van der Waals surface area (Å²) < 4.78 is 19.4. The van der Waals surface area contributed by atoms with Gasteiger partial charge in [-0.1, -0.05) is 6.07 Å². The van der Waals surface area contributed by atoms with Crippen molar-refractivity contribution in [1.82, 2.24) is 15.0 Å².